The third-order valence-corrected chi connectivity index (χ3v) is 4.53. The van der Waals surface area contributed by atoms with Crippen molar-refractivity contribution in [3.8, 4) is 0 Å². The van der Waals surface area contributed by atoms with E-state index in [9.17, 15) is 9.59 Å². The average molecular weight is 358 g/mol. The summed E-state index contributed by atoms with van der Waals surface area (Å²) in [5.74, 6) is -0.211. The number of hydrogen-bond donors (Lipinski definition) is 3. The Kier molecular flexibility index (Phi) is 2.94. The second-order valence-electron chi connectivity index (χ2n) is 5.37. The van der Waals surface area contributed by atoms with Gasteiger partial charge in [-0.2, -0.15) is 0 Å². The monoisotopic (exact) mass is 357 g/mol. The van der Waals surface area contributed by atoms with Gasteiger partial charge in [-0.25, -0.2) is 0 Å². The summed E-state index contributed by atoms with van der Waals surface area (Å²) in [4.78, 5) is 27.0. The first-order valence-electron chi connectivity index (χ1n) is 6.91. The molecule has 4 rings (SSSR count). The number of aromatic nitrogens is 1. The zero-order chi connectivity index (χ0) is 15.3. The minimum atomic E-state index is -0.109. The van der Waals surface area contributed by atoms with E-state index in [0.717, 1.165) is 21.3 Å². The highest BCUT2D eigenvalue weighted by atomic mass is 79.9. The maximum absolute atomic E-state index is 12.2. The van der Waals surface area contributed by atoms with Crippen LogP contribution in [0.5, 0.6) is 0 Å². The number of nitrogens with one attached hydrogen (secondary N) is 3. The van der Waals surface area contributed by atoms with Crippen LogP contribution in [0.15, 0.2) is 41.1 Å². The fourth-order valence-electron chi connectivity index (χ4n) is 2.96. The minimum absolute atomic E-state index is 0.0235. The van der Waals surface area contributed by atoms with Crippen molar-refractivity contribution in [3.63, 3.8) is 0 Å². The highest BCUT2D eigenvalue weighted by Crippen LogP contribution is 2.36. The van der Waals surface area contributed by atoms with E-state index in [1.165, 1.54) is 0 Å². The van der Waals surface area contributed by atoms with Crippen LogP contribution in [0.1, 0.15) is 27.4 Å². The number of hydrogen-bond acceptors (Lipinski definition) is 2. The predicted molar refractivity (Wildman–Crippen MR) is 86.6 cm³/mol. The van der Waals surface area contributed by atoms with Crippen molar-refractivity contribution >= 4 is 39.0 Å². The first kappa shape index (κ1) is 13.3. The highest BCUT2D eigenvalue weighted by molar-refractivity contribution is 9.10. The summed E-state index contributed by atoms with van der Waals surface area (Å²) in [5, 5.41) is 5.72. The quantitative estimate of drug-likeness (QED) is 0.686. The van der Waals surface area contributed by atoms with E-state index in [0.29, 0.717) is 17.7 Å². The van der Waals surface area contributed by atoms with Crippen molar-refractivity contribution in [2.75, 3.05) is 11.9 Å². The number of amides is 2. The van der Waals surface area contributed by atoms with E-state index in [-0.39, 0.29) is 17.7 Å². The van der Waals surface area contributed by atoms with Crippen LogP contribution in [0.25, 0.3) is 5.57 Å². The summed E-state index contributed by atoms with van der Waals surface area (Å²) in [5.41, 5.74) is 3.90. The van der Waals surface area contributed by atoms with Crippen molar-refractivity contribution in [1.82, 2.24) is 10.3 Å². The van der Waals surface area contributed by atoms with Gasteiger partial charge in [0.2, 0.25) is 0 Å². The van der Waals surface area contributed by atoms with Gasteiger partial charge in [0.15, 0.2) is 0 Å². The molecule has 0 saturated carbocycles. The molecular formula is C16H12BrN3O2. The van der Waals surface area contributed by atoms with Crippen molar-refractivity contribution in [3.05, 3.63) is 57.8 Å². The first-order chi connectivity index (χ1) is 10.6. The van der Waals surface area contributed by atoms with Crippen LogP contribution >= 0.6 is 15.9 Å². The molecule has 5 nitrogen and oxygen atoms in total. The number of fused-ring (bicyclic) bond motifs is 2. The Morgan fingerprint density at radius 2 is 2.00 bits per heavy atom. The van der Waals surface area contributed by atoms with Gasteiger partial charge in [0.1, 0.15) is 0 Å². The molecule has 1 unspecified atom stereocenters. The molecule has 0 radical (unpaired) electrons. The topological polar surface area (TPSA) is 74.0 Å². The Balaban J connectivity index is 1.79. The Hall–Kier alpha value is -2.34. The first-order valence-corrected chi connectivity index (χ1v) is 7.71. The van der Waals surface area contributed by atoms with E-state index >= 15 is 0 Å². The Bertz CT molecular complexity index is 838. The molecule has 0 aliphatic carbocycles. The van der Waals surface area contributed by atoms with Crippen LogP contribution in [0.3, 0.4) is 0 Å². The Morgan fingerprint density at radius 1 is 1.14 bits per heavy atom. The highest BCUT2D eigenvalue weighted by Gasteiger charge is 2.29. The summed E-state index contributed by atoms with van der Waals surface area (Å²) in [7, 11) is 0. The van der Waals surface area contributed by atoms with Crippen molar-refractivity contribution in [2.45, 2.75) is 5.92 Å². The molecule has 2 aliphatic rings. The molecular weight excluding hydrogens is 346 g/mol. The number of rotatable bonds is 1. The molecule has 110 valence electrons. The molecule has 0 saturated heterocycles. The van der Waals surface area contributed by atoms with E-state index in [1.54, 1.807) is 6.20 Å². The predicted octanol–water partition coefficient (Wildman–Crippen LogP) is 2.64. The summed E-state index contributed by atoms with van der Waals surface area (Å²) in [6.07, 6.45) is 5.44. The number of H-pyrrole nitrogens is 1. The summed E-state index contributed by atoms with van der Waals surface area (Å²) >= 11 is 3.44. The van der Waals surface area contributed by atoms with Gasteiger partial charge >= 0.3 is 0 Å². The third-order valence-electron chi connectivity index (χ3n) is 4.04. The van der Waals surface area contributed by atoms with E-state index in [2.05, 4.69) is 31.5 Å². The standard InChI is InChI=1S/C16H12BrN3O2/c17-9-1-2-14-10(4-9)11(16(22)20-14)3-8-5-19-15(21)13-7-18-6-12(8)13/h1-4,6-8,18H,5H2,(H,19,21)(H,20,22). The van der Waals surface area contributed by atoms with E-state index in [4.69, 9.17) is 0 Å². The number of carbonyl (C=O) groups is 2. The Labute approximate surface area is 134 Å². The molecule has 1 atom stereocenters. The number of anilines is 1. The molecule has 1 aromatic carbocycles. The lowest BCUT2D eigenvalue weighted by molar-refractivity contribution is -0.110. The fourth-order valence-corrected chi connectivity index (χ4v) is 3.32. The number of benzene rings is 1. The second-order valence-corrected chi connectivity index (χ2v) is 6.28. The molecule has 2 amide bonds. The molecule has 1 aromatic heterocycles. The molecule has 3 heterocycles. The van der Waals surface area contributed by atoms with Crippen LogP contribution in [0, 0.1) is 0 Å². The zero-order valence-electron chi connectivity index (χ0n) is 11.4. The summed E-state index contributed by atoms with van der Waals surface area (Å²) in [6, 6.07) is 5.70. The van der Waals surface area contributed by atoms with Crippen LogP contribution in [-0.2, 0) is 4.79 Å². The number of aromatic amines is 1. The average Bonchev–Trinajstić information content (AvgIpc) is 3.09. The fraction of sp³-hybridized carbons (Fsp3) is 0.125. The van der Waals surface area contributed by atoms with Crippen molar-refractivity contribution < 1.29 is 9.59 Å². The van der Waals surface area contributed by atoms with Crippen LogP contribution in [0.2, 0.25) is 0 Å². The van der Waals surface area contributed by atoms with Crippen molar-refractivity contribution in [2.24, 2.45) is 0 Å². The normalized spacial score (nSPS) is 21.3. The third kappa shape index (κ3) is 1.99. The number of carbonyl (C=O) groups excluding carboxylic acids is 2. The molecule has 0 bridgehead atoms. The molecule has 2 aliphatic heterocycles. The van der Waals surface area contributed by atoms with Gasteiger partial charge in [-0.05, 0) is 23.8 Å². The lowest BCUT2D eigenvalue weighted by atomic mass is 9.91. The van der Waals surface area contributed by atoms with Crippen molar-refractivity contribution in [1.29, 1.82) is 0 Å². The largest absolute Gasteiger partial charge is 0.367 e. The smallest absolute Gasteiger partial charge is 0.256 e. The van der Waals surface area contributed by atoms with Gasteiger partial charge in [-0.3, -0.25) is 9.59 Å². The minimum Gasteiger partial charge on any atom is -0.367 e. The molecule has 3 N–H and O–H groups in total. The molecule has 22 heavy (non-hydrogen) atoms. The van der Waals surface area contributed by atoms with Gasteiger partial charge in [0.05, 0.1) is 5.56 Å². The molecule has 0 spiro atoms. The van der Waals surface area contributed by atoms with Gasteiger partial charge in [0.25, 0.3) is 11.8 Å². The summed E-state index contributed by atoms with van der Waals surface area (Å²) < 4.78 is 0.924. The van der Waals surface area contributed by atoms with Crippen LogP contribution < -0.4 is 10.6 Å². The molecule has 6 heteroatoms. The zero-order valence-corrected chi connectivity index (χ0v) is 13.0. The SMILES string of the molecule is O=C1Nc2ccc(Br)cc2C1=CC1CNC(=O)c2c[nH]cc21. The van der Waals surface area contributed by atoms with E-state index in [1.807, 2.05) is 30.5 Å². The molecule has 2 aromatic rings. The second kappa shape index (κ2) is 4.84. The maximum Gasteiger partial charge on any atom is 0.256 e. The summed E-state index contributed by atoms with van der Waals surface area (Å²) in [6.45, 7) is 0.490. The van der Waals surface area contributed by atoms with Gasteiger partial charge in [-0.15, -0.1) is 0 Å². The molecule has 0 fully saturated rings. The van der Waals surface area contributed by atoms with Crippen LogP contribution in [-0.4, -0.2) is 23.3 Å². The Morgan fingerprint density at radius 3 is 2.86 bits per heavy atom. The lowest BCUT2D eigenvalue weighted by Crippen LogP contribution is -2.33. The lowest BCUT2D eigenvalue weighted by Gasteiger charge is -2.20. The van der Waals surface area contributed by atoms with Gasteiger partial charge < -0.3 is 15.6 Å². The van der Waals surface area contributed by atoms with Gasteiger partial charge in [-0.1, -0.05) is 22.0 Å². The number of halogens is 1. The maximum atomic E-state index is 12.2. The van der Waals surface area contributed by atoms with Crippen LogP contribution in [0.4, 0.5) is 5.69 Å². The van der Waals surface area contributed by atoms with E-state index < -0.39 is 0 Å². The van der Waals surface area contributed by atoms with Gasteiger partial charge in [0, 0.05) is 46.2 Å².